The van der Waals surface area contributed by atoms with Crippen molar-refractivity contribution in [3.05, 3.63) is 24.3 Å². The summed E-state index contributed by atoms with van der Waals surface area (Å²) in [5, 5.41) is 0. The fourth-order valence-corrected chi connectivity index (χ4v) is 3.20. The molecule has 0 atom stereocenters. The highest BCUT2D eigenvalue weighted by molar-refractivity contribution is 7.92. The number of nitrogens with one attached hydrogen (secondary N) is 1. The van der Waals surface area contributed by atoms with Gasteiger partial charge in [-0.2, -0.15) is 0 Å². The van der Waals surface area contributed by atoms with E-state index in [0.717, 1.165) is 12.8 Å². The van der Waals surface area contributed by atoms with Crippen LogP contribution in [0.25, 0.3) is 0 Å². The van der Waals surface area contributed by atoms with Gasteiger partial charge in [-0.05, 0) is 30.9 Å². The minimum atomic E-state index is -3.28. The third-order valence-electron chi connectivity index (χ3n) is 2.64. The zero-order valence-electron chi connectivity index (χ0n) is 10.3. The summed E-state index contributed by atoms with van der Waals surface area (Å²) in [4.78, 5) is 0.250. The number of thiocarbonyl (C=S) groups is 1. The first-order valence-corrected chi connectivity index (χ1v) is 8.02. The van der Waals surface area contributed by atoms with E-state index in [4.69, 9.17) is 22.7 Å². The number of benzene rings is 1. The molecule has 1 aliphatic carbocycles. The van der Waals surface area contributed by atoms with Gasteiger partial charge in [-0.25, -0.2) is 8.42 Å². The molecule has 3 N–H and O–H groups in total. The molecule has 1 aromatic rings. The number of rotatable bonds is 7. The van der Waals surface area contributed by atoms with E-state index in [-0.39, 0.29) is 17.3 Å². The van der Waals surface area contributed by atoms with Crippen molar-refractivity contribution < 1.29 is 13.2 Å². The van der Waals surface area contributed by atoms with Crippen LogP contribution in [0, 0.1) is 5.92 Å². The van der Waals surface area contributed by atoms with Crippen molar-refractivity contribution in [2.24, 2.45) is 11.7 Å². The first-order chi connectivity index (χ1) is 8.94. The Balaban J connectivity index is 1.99. The number of hydrogen-bond acceptors (Lipinski definition) is 4. The van der Waals surface area contributed by atoms with Crippen molar-refractivity contribution in [2.75, 3.05) is 17.1 Å². The molecule has 1 saturated carbocycles. The van der Waals surface area contributed by atoms with Crippen LogP contribution in [0.4, 0.5) is 5.69 Å². The molecule has 1 aliphatic rings. The molecular formula is C12H16N2O3S2. The maximum atomic E-state index is 11.8. The normalized spacial score (nSPS) is 14.9. The first-order valence-electron chi connectivity index (χ1n) is 5.96. The second-order valence-corrected chi connectivity index (χ2v) is 6.90. The van der Waals surface area contributed by atoms with Gasteiger partial charge in [0.1, 0.15) is 17.3 Å². The van der Waals surface area contributed by atoms with Crippen LogP contribution in [0.3, 0.4) is 0 Å². The van der Waals surface area contributed by atoms with E-state index in [9.17, 15) is 8.42 Å². The topological polar surface area (TPSA) is 81.4 Å². The van der Waals surface area contributed by atoms with E-state index in [2.05, 4.69) is 4.72 Å². The van der Waals surface area contributed by atoms with Crippen LogP contribution in [-0.2, 0) is 10.0 Å². The third-order valence-corrected chi connectivity index (χ3v) is 4.22. The third kappa shape index (κ3) is 5.04. The fourth-order valence-electron chi connectivity index (χ4n) is 1.62. The van der Waals surface area contributed by atoms with E-state index < -0.39 is 10.0 Å². The van der Waals surface area contributed by atoms with E-state index in [0.29, 0.717) is 17.4 Å². The summed E-state index contributed by atoms with van der Waals surface area (Å²) in [5.41, 5.74) is 5.82. The van der Waals surface area contributed by atoms with E-state index in [1.807, 2.05) is 0 Å². The van der Waals surface area contributed by atoms with Crippen LogP contribution in [0.1, 0.15) is 12.8 Å². The SMILES string of the molecule is NC(=S)COc1cccc(NS(=O)(=O)CC2CC2)c1. The van der Waals surface area contributed by atoms with Crippen LogP contribution in [-0.4, -0.2) is 25.8 Å². The Morgan fingerprint density at radius 2 is 2.21 bits per heavy atom. The minimum Gasteiger partial charge on any atom is -0.486 e. The van der Waals surface area contributed by atoms with Crippen LogP contribution < -0.4 is 15.2 Å². The molecule has 7 heteroatoms. The molecule has 0 spiro atoms. The number of anilines is 1. The lowest BCUT2D eigenvalue weighted by Crippen LogP contribution is -2.19. The van der Waals surface area contributed by atoms with Gasteiger partial charge in [0.25, 0.3) is 0 Å². The summed E-state index contributed by atoms with van der Waals surface area (Å²) in [7, 11) is -3.28. The van der Waals surface area contributed by atoms with Gasteiger partial charge in [0.15, 0.2) is 0 Å². The lowest BCUT2D eigenvalue weighted by atomic mass is 10.3. The van der Waals surface area contributed by atoms with Crippen molar-refractivity contribution in [1.29, 1.82) is 0 Å². The lowest BCUT2D eigenvalue weighted by Gasteiger charge is -2.10. The molecule has 0 unspecified atom stereocenters. The Kier molecular flexibility index (Phi) is 4.26. The average Bonchev–Trinajstić information content (AvgIpc) is 3.09. The van der Waals surface area contributed by atoms with Gasteiger partial charge >= 0.3 is 0 Å². The van der Waals surface area contributed by atoms with Crippen molar-refractivity contribution in [3.8, 4) is 5.75 Å². The Morgan fingerprint density at radius 3 is 2.84 bits per heavy atom. The van der Waals surface area contributed by atoms with E-state index in [1.54, 1.807) is 24.3 Å². The molecule has 0 heterocycles. The Labute approximate surface area is 118 Å². The van der Waals surface area contributed by atoms with E-state index in [1.165, 1.54) is 0 Å². The molecule has 1 fully saturated rings. The average molecular weight is 300 g/mol. The van der Waals surface area contributed by atoms with Gasteiger partial charge in [0.2, 0.25) is 10.0 Å². The summed E-state index contributed by atoms with van der Waals surface area (Å²) in [6, 6.07) is 6.72. The van der Waals surface area contributed by atoms with Gasteiger partial charge < -0.3 is 10.5 Å². The molecule has 0 radical (unpaired) electrons. The molecular weight excluding hydrogens is 284 g/mol. The monoisotopic (exact) mass is 300 g/mol. The van der Waals surface area contributed by atoms with Crippen LogP contribution in [0.2, 0.25) is 0 Å². The minimum absolute atomic E-state index is 0.133. The first kappa shape index (κ1) is 14.1. The van der Waals surface area contributed by atoms with Crippen LogP contribution >= 0.6 is 12.2 Å². The van der Waals surface area contributed by atoms with Crippen molar-refractivity contribution in [1.82, 2.24) is 0 Å². The van der Waals surface area contributed by atoms with Gasteiger partial charge in [0.05, 0.1) is 11.4 Å². The van der Waals surface area contributed by atoms with Gasteiger partial charge in [-0.1, -0.05) is 18.3 Å². The lowest BCUT2D eigenvalue weighted by molar-refractivity contribution is 0.378. The predicted molar refractivity (Wildman–Crippen MR) is 78.9 cm³/mol. The molecule has 0 bridgehead atoms. The Morgan fingerprint density at radius 1 is 1.47 bits per heavy atom. The summed E-state index contributed by atoms with van der Waals surface area (Å²) in [5.74, 6) is 1.02. The highest BCUT2D eigenvalue weighted by Crippen LogP contribution is 2.30. The molecule has 104 valence electrons. The summed E-state index contributed by atoms with van der Waals surface area (Å²) >= 11 is 4.71. The van der Waals surface area contributed by atoms with Crippen LogP contribution in [0.5, 0.6) is 5.75 Å². The highest BCUT2D eigenvalue weighted by Gasteiger charge is 2.27. The highest BCUT2D eigenvalue weighted by atomic mass is 32.2. The zero-order valence-corrected chi connectivity index (χ0v) is 12.0. The zero-order chi connectivity index (χ0) is 13.9. The molecule has 0 amide bonds. The molecule has 0 saturated heterocycles. The number of ether oxygens (including phenoxy) is 1. The maximum absolute atomic E-state index is 11.8. The maximum Gasteiger partial charge on any atom is 0.232 e. The number of sulfonamides is 1. The second kappa shape index (κ2) is 5.75. The molecule has 0 aliphatic heterocycles. The van der Waals surface area contributed by atoms with Crippen molar-refractivity contribution in [3.63, 3.8) is 0 Å². The molecule has 1 aromatic carbocycles. The van der Waals surface area contributed by atoms with Gasteiger partial charge in [0, 0.05) is 6.07 Å². The second-order valence-electron chi connectivity index (χ2n) is 4.61. The van der Waals surface area contributed by atoms with Crippen LogP contribution in [0.15, 0.2) is 24.3 Å². The Hall–Kier alpha value is -1.34. The standard InChI is InChI=1S/C12H16N2O3S2/c13-12(18)7-17-11-3-1-2-10(6-11)14-19(15,16)8-9-4-5-9/h1-3,6,9,14H,4-5,7-8H2,(H2,13,18). The van der Waals surface area contributed by atoms with Gasteiger partial charge in [-0.3, -0.25) is 4.72 Å². The van der Waals surface area contributed by atoms with E-state index >= 15 is 0 Å². The largest absolute Gasteiger partial charge is 0.486 e. The smallest absolute Gasteiger partial charge is 0.232 e. The number of hydrogen-bond donors (Lipinski definition) is 2. The summed E-state index contributed by atoms with van der Waals surface area (Å²) in [6.07, 6.45) is 2.00. The number of nitrogens with two attached hydrogens (primary N) is 1. The molecule has 5 nitrogen and oxygen atoms in total. The fraction of sp³-hybridized carbons (Fsp3) is 0.417. The van der Waals surface area contributed by atoms with Crippen molar-refractivity contribution >= 4 is 32.9 Å². The molecule has 0 aromatic heterocycles. The van der Waals surface area contributed by atoms with Crippen molar-refractivity contribution in [2.45, 2.75) is 12.8 Å². The Bertz CT molecular complexity index is 568. The summed E-state index contributed by atoms with van der Waals surface area (Å²) in [6.45, 7) is 0.133. The molecule has 2 rings (SSSR count). The quantitative estimate of drug-likeness (QED) is 0.746. The summed E-state index contributed by atoms with van der Waals surface area (Å²) < 4.78 is 31.5. The predicted octanol–water partition coefficient (Wildman–Crippen LogP) is 1.50. The molecule has 19 heavy (non-hydrogen) atoms. The van der Waals surface area contributed by atoms with Gasteiger partial charge in [-0.15, -0.1) is 0 Å².